The number of nitrogens with one attached hydrogen (secondary N) is 1. The zero-order chi connectivity index (χ0) is 10.6. The minimum Gasteiger partial charge on any atom is -0.356 e. The normalized spacial score (nSPS) is 9.93. The van der Waals surface area contributed by atoms with Crippen LogP contribution in [0.15, 0.2) is 18.2 Å². The highest BCUT2D eigenvalue weighted by molar-refractivity contribution is 6.30. The number of hydrogen-bond acceptors (Lipinski definition) is 1. The molecule has 76 valence electrons. The third-order valence-corrected chi connectivity index (χ3v) is 1.93. The van der Waals surface area contributed by atoms with Crippen LogP contribution in [-0.2, 0) is 11.2 Å². The molecule has 0 aliphatic rings. The van der Waals surface area contributed by atoms with E-state index in [-0.39, 0.29) is 11.7 Å². The Kier molecular flexibility index (Phi) is 3.89. The average Bonchev–Trinajstić information content (AvgIpc) is 2.01. The number of benzene rings is 1. The summed E-state index contributed by atoms with van der Waals surface area (Å²) in [5, 5.41) is 3.01. The van der Waals surface area contributed by atoms with Crippen molar-refractivity contribution in [2.24, 2.45) is 0 Å². The van der Waals surface area contributed by atoms with E-state index >= 15 is 0 Å². The molecule has 1 amide bonds. The molecule has 0 aliphatic carbocycles. The Balaban J connectivity index is 2.54. The van der Waals surface area contributed by atoms with E-state index in [0.717, 1.165) is 5.56 Å². The molecule has 0 aromatic heterocycles. The number of hydrogen-bond donors (Lipinski definition) is 1. The fourth-order valence-electron chi connectivity index (χ4n) is 1.14. The van der Waals surface area contributed by atoms with Crippen LogP contribution in [0.5, 0.6) is 0 Å². The molecule has 0 atom stereocenters. The molecule has 0 saturated carbocycles. The van der Waals surface area contributed by atoms with Crippen molar-refractivity contribution in [2.45, 2.75) is 13.3 Å². The van der Waals surface area contributed by atoms with Gasteiger partial charge in [0.05, 0.1) is 0 Å². The van der Waals surface area contributed by atoms with E-state index in [4.69, 9.17) is 11.6 Å². The highest BCUT2D eigenvalue weighted by atomic mass is 35.5. The predicted molar refractivity (Wildman–Crippen MR) is 53.8 cm³/mol. The Morgan fingerprint density at radius 2 is 2.21 bits per heavy atom. The molecule has 1 aromatic carbocycles. The minimum absolute atomic E-state index is 0.0903. The maximum absolute atomic E-state index is 12.8. The second kappa shape index (κ2) is 4.96. The predicted octanol–water partition coefficient (Wildman–Crippen LogP) is 2.16. The van der Waals surface area contributed by atoms with Crippen molar-refractivity contribution in [2.75, 3.05) is 6.54 Å². The van der Waals surface area contributed by atoms with E-state index < -0.39 is 0 Å². The van der Waals surface area contributed by atoms with Gasteiger partial charge in [0.2, 0.25) is 5.91 Å². The van der Waals surface area contributed by atoms with Gasteiger partial charge >= 0.3 is 0 Å². The van der Waals surface area contributed by atoms with Crippen LogP contribution in [0.3, 0.4) is 0 Å². The first-order valence-electron chi connectivity index (χ1n) is 4.27. The van der Waals surface area contributed by atoms with E-state index in [0.29, 0.717) is 18.0 Å². The van der Waals surface area contributed by atoms with E-state index in [2.05, 4.69) is 5.32 Å². The molecule has 0 aliphatic heterocycles. The van der Waals surface area contributed by atoms with Crippen LogP contribution in [0.4, 0.5) is 4.39 Å². The van der Waals surface area contributed by atoms with Gasteiger partial charge in [0.15, 0.2) is 0 Å². The molecule has 1 aromatic rings. The topological polar surface area (TPSA) is 29.1 Å². The molecule has 4 heteroatoms. The molecular formula is C10H11ClFNO. The number of carbonyl (C=O) groups excluding carboxylic acids is 1. The van der Waals surface area contributed by atoms with Gasteiger partial charge in [-0.1, -0.05) is 11.6 Å². The first-order valence-corrected chi connectivity index (χ1v) is 4.65. The zero-order valence-electron chi connectivity index (χ0n) is 7.81. The lowest BCUT2D eigenvalue weighted by molar-refractivity contribution is -0.118. The maximum atomic E-state index is 12.8. The summed E-state index contributed by atoms with van der Waals surface area (Å²) in [4.78, 5) is 10.6. The molecule has 14 heavy (non-hydrogen) atoms. The van der Waals surface area contributed by atoms with Crippen molar-refractivity contribution in [1.29, 1.82) is 0 Å². The van der Waals surface area contributed by atoms with E-state index in [1.165, 1.54) is 19.1 Å². The lowest BCUT2D eigenvalue weighted by Gasteiger charge is -2.03. The van der Waals surface area contributed by atoms with Gasteiger partial charge in [-0.3, -0.25) is 4.79 Å². The van der Waals surface area contributed by atoms with E-state index in [9.17, 15) is 9.18 Å². The molecule has 0 saturated heterocycles. The molecule has 0 radical (unpaired) electrons. The summed E-state index contributed by atoms with van der Waals surface area (Å²) in [6.45, 7) is 1.94. The van der Waals surface area contributed by atoms with Crippen molar-refractivity contribution < 1.29 is 9.18 Å². The summed E-state index contributed by atoms with van der Waals surface area (Å²) in [5.41, 5.74) is 0.781. The second-order valence-electron chi connectivity index (χ2n) is 3.01. The largest absolute Gasteiger partial charge is 0.356 e. The third-order valence-electron chi connectivity index (χ3n) is 1.71. The van der Waals surface area contributed by atoms with Crippen molar-refractivity contribution >= 4 is 17.5 Å². The Labute approximate surface area is 87.1 Å². The fraction of sp³-hybridized carbons (Fsp3) is 0.300. The van der Waals surface area contributed by atoms with Crippen molar-refractivity contribution in [3.05, 3.63) is 34.6 Å². The van der Waals surface area contributed by atoms with Crippen LogP contribution in [0.25, 0.3) is 0 Å². The first kappa shape index (κ1) is 11.0. The Hall–Kier alpha value is -1.09. The summed E-state index contributed by atoms with van der Waals surface area (Å²) < 4.78 is 12.8. The summed E-state index contributed by atoms with van der Waals surface area (Å²) in [7, 11) is 0. The van der Waals surface area contributed by atoms with Crippen LogP contribution in [0.2, 0.25) is 5.02 Å². The SMILES string of the molecule is CC(=O)NCCc1cc(F)cc(Cl)c1. The van der Waals surface area contributed by atoms with Gasteiger partial charge in [0, 0.05) is 18.5 Å². The molecule has 0 spiro atoms. The Morgan fingerprint density at radius 1 is 1.50 bits per heavy atom. The molecule has 0 fully saturated rings. The Bertz CT molecular complexity index is 321. The molecule has 0 bridgehead atoms. The smallest absolute Gasteiger partial charge is 0.216 e. The average molecular weight is 216 g/mol. The van der Waals surface area contributed by atoms with Crippen LogP contribution in [0.1, 0.15) is 12.5 Å². The van der Waals surface area contributed by atoms with Gasteiger partial charge in [-0.2, -0.15) is 0 Å². The summed E-state index contributed by atoms with van der Waals surface area (Å²) in [6, 6.07) is 4.35. The van der Waals surface area contributed by atoms with Gasteiger partial charge in [-0.15, -0.1) is 0 Å². The summed E-state index contributed by atoms with van der Waals surface area (Å²) in [6.07, 6.45) is 0.580. The van der Waals surface area contributed by atoms with Gasteiger partial charge in [-0.25, -0.2) is 4.39 Å². The van der Waals surface area contributed by atoms with E-state index in [1.54, 1.807) is 6.07 Å². The van der Waals surface area contributed by atoms with Gasteiger partial charge in [-0.05, 0) is 30.2 Å². The molecule has 0 unspecified atom stereocenters. The van der Waals surface area contributed by atoms with E-state index in [1.807, 2.05) is 0 Å². The quantitative estimate of drug-likeness (QED) is 0.823. The van der Waals surface area contributed by atoms with Crippen molar-refractivity contribution in [1.82, 2.24) is 5.32 Å². The lowest BCUT2D eigenvalue weighted by Crippen LogP contribution is -2.22. The maximum Gasteiger partial charge on any atom is 0.216 e. The summed E-state index contributed by atoms with van der Waals surface area (Å²) >= 11 is 5.66. The van der Waals surface area contributed by atoms with Gasteiger partial charge in [0.1, 0.15) is 5.82 Å². The molecule has 1 rings (SSSR count). The van der Waals surface area contributed by atoms with Crippen LogP contribution in [0, 0.1) is 5.82 Å². The first-order chi connectivity index (χ1) is 6.58. The van der Waals surface area contributed by atoms with Crippen LogP contribution >= 0.6 is 11.6 Å². The van der Waals surface area contributed by atoms with Gasteiger partial charge < -0.3 is 5.32 Å². The summed E-state index contributed by atoms with van der Waals surface area (Å²) in [5.74, 6) is -0.442. The number of rotatable bonds is 3. The number of carbonyl (C=O) groups is 1. The number of halogens is 2. The molecular weight excluding hydrogens is 205 g/mol. The van der Waals surface area contributed by atoms with Crippen molar-refractivity contribution in [3.63, 3.8) is 0 Å². The third kappa shape index (κ3) is 3.75. The highest BCUT2D eigenvalue weighted by Gasteiger charge is 1.99. The van der Waals surface area contributed by atoms with Gasteiger partial charge in [0.25, 0.3) is 0 Å². The zero-order valence-corrected chi connectivity index (χ0v) is 8.57. The fourth-order valence-corrected chi connectivity index (χ4v) is 1.38. The van der Waals surface area contributed by atoms with Crippen LogP contribution < -0.4 is 5.32 Å². The Morgan fingerprint density at radius 3 is 2.79 bits per heavy atom. The molecule has 0 heterocycles. The van der Waals surface area contributed by atoms with Crippen LogP contribution in [-0.4, -0.2) is 12.5 Å². The lowest BCUT2D eigenvalue weighted by atomic mass is 10.1. The molecule has 1 N–H and O–H groups in total. The standard InChI is InChI=1S/C10H11ClFNO/c1-7(14)13-3-2-8-4-9(11)6-10(12)5-8/h4-6H,2-3H2,1H3,(H,13,14). The minimum atomic E-state index is -0.352. The molecule has 2 nitrogen and oxygen atoms in total. The second-order valence-corrected chi connectivity index (χ2v) is 3.45. The van der Waals surface area contributed by atoms with Crippen molar-refractivity contribution in [3.8, 4) is 0 Å². The number of amides is 1. The monoisotopic (exact) mass is 215 g/mol. The highest BCUT2D eigenvalue weighted by Crippen LogP contribution is 2.14.